The van der Waals surface area contributed by atoms with Gasteiger partial charge in [0.25, 0.3) is 0 Å². The van der Waals surface area contributed by atoms with Gasteiger partial charge in [0.15, 0.2) is 0 Å². The number of amides is 2. The van der Waals surface area contributed by atoms with Crippen LogP contribution in [0.15, 0.2) is 0 Å². The number of hydrogen-bond acceptors (Lipinski definition) is 2. The fourth-order valence-corrected chi connectivity index (χ4v) is 3.19. The number of nitrogens with zero attached hydrogens (tertiary/aromatic N) is 1. The van der Waals surface area contributed by atoms with Gasteiger partial charge in [0.05, 0.1) is 12.7 Å². The second kappa shape index (κ2) is 7.13. The van der Waals surface area contributed by atoms with Crippen LogP contribution < -0.4 is 5.32 Å². The normalized spacial score (nSPS) is 32.1. The van der Waals surface area contributed by atoms with Gasteiger partial charge in [0, 0.05) is 19.6 Å². The monoisotopic (exact) mass is 268 g/mol. The van der Waals surface area contributed by atoms with Crippen LogP contribution in [-0.2, 0) is 4.74 Å². The molecule has 0 aromatic carbocycles. The minimum Gasteiger partial charge on any atom is -0.375 e. The Labute approximate surface area is 116 Å². The van der Waals surface area contributed by atoms with Gasteiger partial charge in [-0.15, -0.1) is 0 Å². The highest BCUT2D eigenvalue weighted by atomic mass is 16.5. The van der Waals surface area contributed by atoms with E-state index >= 15 is 0 Å². The summed E-state index contributed by atoms with van der Waals surface area (Å²) >= 11 is 0. The van der Waals surface area contributed by atoms with Gasteiger partial charge < -0.3 is 15.0 Å². The van der Waals surface area contributed by atoms with Crippen molar-refractivity contribution in [1.29, 1.82) is 0 Å². The lowest BCUT2D eigenvalue weighted by molar-refractivity contribution is -0.00364. The average molecular weight is 268 g/mol. The van der Waals surface area contributed by atoms with Crippen molar-refractivity contribution in [2.75, 3.05) is 26.2 Å². The Morgan fingerprint density at radius 2 is 1.95 bits per heavy atom. The van der Waals surface area contributed by atoms with E-state index in [1.807, 2.05) is 11.8 Å². The van der Waals surface area contributed by atoms with Crippen molar-refractivity contribution in [3.8, 4) is 0 Å². The molecule has 0 aromatic heterocycles. The molecule has 0 bridgehead atoms. The van der Waals surface area contributed by atoms with E-state index in [2.05, 4.69) is 12.2 Å². The number of carbonyl (C=O) groups excluding carboxylic acids is 1. The highest BCUT2D eigenvalue weighted by Crippen LogP contribution is 2.30. The molecule has 0 aromatic rings. The topological polar surface area (TPSA) is 41.6 Å². The summed E-state index contributed by atoms with van der Waals surface area (Å²) in [5, 5.41) is 3.11. The third kappa shape index (κ3) is 4.37. The Kier molecular flexibility index (Phi) is 5.49. The van der Waals surface area contributed by atoms with Crippen molar-refractivity contribution in [1.82, 2.24) is 10.2 Å². The maximum absolute atomic E-state index is 12.1. The summed E-state index contributed by atoms with van der Waals surface area (Å²) in [5.41, 5.74) is 0. The van der Waals surface area contributed by atoms with Gasteiger partial charge in [0.2, 0.25) is 0 Å². The molecule has 1 saturated carbocycles. The van der Waals surface area contributed by atoms with Crippen molar-refractivity contribution in [2.45, 2.75) is 52.1 Å². The van der Waals surface area contributed by atoms with Crippen LogP contribution in [0.4, 0.5) is 4.79 Å². The second-order valence-electron chi connectivity index (χ2n) is 6.11. The van der Waals surface area contributed by atoms with Gasteiger partial charge in [-0.2, -0.15) is 0 Å². The molecule has 0 radical (unpaired) electrons. The highest BCUT2D eigenvalue weighted by molar-refractivity contribution is 5.74. The predicted octanol–water partition coefficient (Wildman–Crippen LogP) is 2.63. The maximum Gasteiger partial charge on any atom is 0.317 e. The summed E-state index contributed by atoms with van der Waals surface area (Å²) in [5.74, 6) is 1.61. The minimum atomic E-state index is 0.0905. The van der Waals surface area contributed by atoms with E-state index in [-0.39, 0.29) is 12.1 Å². The Hall–Kier alpha value is -0.770. The molecular weight excluding hydrogens is 240 g/mol. The Morgan fingerprint density at radius 1 is 1.26 bits per heavy atom. The molecule has 4 heteroatoms. The summed E-state index contributed by atoms with van der Waals surface area (Å²) in [4.78, 5) is 13.9. The van der Waals surface area contributed by atoms with Crippen LogP contribution in [0.5, 0.6) is 0 Å². The molecule has 4 nitrogen and oxygen atoms in total. The quantitative estimate of drug-likeness (QED) is 0.855. The van der Waals surface area contributed by atoms with Gasteiger partial charge in [-0.3, -0.25) is 0 Å². The zero-order valence-electron chi connectivity index (χ0n) is 12.4. The summed E-state index contributed by atoms with van der Waals surface area (Å²) in [7, 11) is 0. The van der Waals surface area contributed by atoms with Crippen LogP contribution in [0.25, 0.3) is 0 Å². The van der Waals surface area contributed by atoms with E-state index in [0.717, 1.165) is 19.0 Å². The van der Waals surface area contributed by atoms with Crippen LogP contribution in [0, 0.1) is 11.8 Å². The van der Waals surface area contributed by atoms with Crippen LogP contribution in [0.1, 0.15) is 46.0 Å². The van der Waals surface area contributed by atoms with Crippen molar-refractivity contribution >= 4 is 6.03 Å². The number of carbonyl (C=O) groups is 1. The Balaban J connectivity index is 1.66. The first-order valence-corrected chi connectivity index (χ1v) is 7.83. The van der Waals surface area contributed by atoms with Crippen molar-refractivity contribution in [3.63, 3.8) is 0 Å². The number of ether oxygens (including phenoxy) is 1. The van der Waals surface area contributed by atoms with E-state index in [1.54, 1.807) is 0 Å². The Morgan fingerprint density at radius 3 is 2.58 bits per heavy atom. The number of hydrogen-bond donors (Lipinski definition) is 1. The van der Waals surface area contributed by atoms with Crippen LogP contribution in [-0.4, -0.2) is 43.3 Å². The maximum atomic E-state index is 12.1. The van der Waals surface area contributed by atoms with Gasteiger partial charge in [-0.25, -0.2) is 4.79 Å². The summed E-state index contributed by atoms with van der Waals surface area (Å²) < 4.78 is 5.46. The molecule has 1 saturated heterocycles. The predicted molar refractivity (Wildman–Crippen MR) is 76.1 cm³/mol. The van der Waals surface area contributed by atoms with E-state index in [4.69, 9.17) is 4.74 Å². The fourth-order valence-electron chi connectivity index (χ4n) is 3.19. The molecule has 1 N–H and O–H groups in total. The zero-order chi connectivity index (χ0) is 13.7. The van der Waals surface area contributed by atoms with E-state index in [0.29, 0.717) is 19.1 Å². The van der Waals surface area contributed by atoms with Crippen molar-refractivity contribution in [3.05, 3.63) is 0 Å². The third-order valence-corrected chi connectivity index (χ3v) is 4.61. The van der Waals surface area contributed by atoms with Gasteiger partial charge in [0.1, 0.15) is 0 Å². The molecule has 110 valence electrons. The average Bonchev–Trinajstić information content (AvgIpc) is 2.45. The molecule has 1 heterocycles. The smallest absolute Gasteiger partial charge is 0.317 e. The largest absolute Gasteiger partial charge is 0.375 e. The summed E-state index contributed by atoms with van der Waals surface area (Å²) in [6.45, 7) is 7.25. The fraction of sp³-hybridized carbons (Fsp3) is 0.933. The standard InChI is InChI=1S/C15H28N2O2/c1-3-13-4-6-14(7-5-13)10-16-15(18)17-8-9-19-12(2)11-17/h12-14H,3-11H2,1-2H3,(H,16,18). The number of urea groups is 1. The molecule has 1 unspecified atom stereocenters. The molecule has 2 aliphatic rings. The lowest BCUT2D eigenvalue weighted by Gasteiger charge is -2.32. The lowest BCUT2D eigenvalue weighted by atomic mass is 9.81. The van der Waals surface area contributed by atoms with Gasteiger partial charge in [-0.1, -0.05) is 26.2 Å². The molecule has 0 spiro atoms. The molecule has 2 rings (SSSR count). The highest BCUT2D eigenvalue weighted by Gasteiger charge is 2.23. The van der Waals surface area contributed by atoms with Crippen LogP contribution >= 0.6 is 0 Å². The summed E-state index contributed by atoms with van der Waals surface area (Å²) in [6.07, 6.45) is 6.71. The van der Waals surface area contributed by atoms with E-state index in [9.17, 15) is 4.79 Å². The zero-order valence-corrected chi connectivity index (χ0v) is 12.4. The van der Waals surface area contributed by atoms with Gasteiger partial charge in [-0.05, 0) is 31.6 Å². The molecule has 19 heavy (non-hydrogen) atoms. The first kappa shape index (κ1) is 14.6. The SMILES string of the molecule is CCC1CCC(CNC(=O)N2CCOC(C)C2)CC1. The number of rotatable bonds is 3. The van der Waals surface area contributed by atoms with Crippen molar-refractivity contribution in [2.24, 2.45) is 11.8 Å². The van der Waals surface area contributed by atoms with Crippen LogP contribution in [0.3, 0.4) is 0 Å². The van der Waals surface area contributed by atoms with E-state index in [1.165, 1.54) is 32.1 Å². The molecular formula is C15H28N2O2. The second-order valence-corrected chi connectivity index (χ2v) is 6.11. The molecule has 2 fully saturated rings. The lowest BCUT2D eigenvalue weighted by Crippen LogP contribution is -2.49. The first-order valence-electron chi connectivity index (χ1n) is 7.83. The van der Waals surface area contributed by atoms with E-state index < -0.39 is 0 Å². The molecule has 2 amide bonds. The summed E-state index contributed by atoms with van der Waals surface area (Å²) in [6, 6.07) is 0.0905. The number of morpholine rings is 1. The molecule has 1 aliphatic heterocycles. The minimum absolute atomic E-state index is 0.0905. The Bertz CT molecular complexity index is 288. The van der Waals surface area contributed by atoms with Gasteiger partial charge >= 0.3 is 6.03 Å². The first-order chi connectivity index (χ1) is 9.19. The molecule has 1 atom stereocenters. The molecule has 1 aliphatic carbocycles. The van der Waals surface area contributed by atoms with Crippen LogP contribution in [0.2, 0.25) is 0 Å². The third-order valence-electron chi connectivity index (χ3n) is 4.61. The number of nitrogens with one attached hydrogen (secondary N) is 1. The van der Waals surface area contributed by atoms with Crippen molar-refractivity contribution < 1.29 is 9.53 Å².